The van der Waals surface area contributed by atoms with Crippen LogP contribution in [0, 0.1) is 0 Å². The van der Waals surface area contributed by atoms with E-state index in [2.05, 4.69) is 20.8 Å². The number of ether oxygens (including phenoxy) is 1. The second kappa shape index (κ2) is 21.7. The van der Waals surface area contributed by atoms with Gasteiger partial charge in [-0.1, -0.05) is 124 Å². The van der Waals surface area contributed by atoms with Crippen molar-refractivity contribution in [2.75, 3.05) is 6.61 Å². The molecule has 0 aliphatic carbocycles. The smallest absolute Gasteiger partial charge is 0.338 e. The Kier molecular flexibility index (Phi) is 21.2. The lowest BCUT2D eigenvalue weighted by molar-refractivity contribution is -0.167. The second-order valence-electron chi connectivity index (χ2n) is 9.32. The number of aliphatic hydroxyl groups is 1. The van der Waals surface area contributed by atoms with Gasteiger partial charge >= 0.3 is 5.97 Å². The molecule has 0 heterocycles. The van der Waals surface area contributed by atoms with Crippen molar-refractivity contribution in [3.05, 3.63) is 0 Å². The first-order valence-corrected chi connectivity index (χ1v) is 13.5. The molecule has 3 nitrogen and oxygen atoms in total. The molecule has 1 unspecified atom stereocenters. The van der Waals surface area contributed by atoms with E-state index in [4.69, 9.17) is 4.74 Å². The number of rotatable bonds is 23. The van der Waals surface area contributed by atoms with E-state index in [1.165, 1.54) is 83.5 Å². The maximum Gasteiger partial charge on any atom is 0.338 e. The SMILES string of the molecule is CCCCCCCCCC(O)(CCCCCCCC)C(=O)OCCCCCCCC. The summed E-state index contributed by atoms with van der Waals surface area (Å²) in [6, 6.07) is 0. The van der Waals surface area contributed by atoms with E-state index in [1.54, 1.807) is 0 Å². The Balaban J connectivity index is 4.26. The lowest BCUT2D eigenvalue weighted by Gasteiger charge is -2.26. The van der Waals surface area contributed by atoms with Crippen molar-refractivity contribution < 1.29 is 14.6 Å². The summed E-state index contributed by atoms with van der Waals surface area (Å²) in [5.41, 5.74) is -1.27. The Bertz CT molecular complexity index is 369. The van der Waals surface area contributed by atoms with Crippen molar-refractivity contribution in [1.82, 2.24) is 0 Å². The van der Waals surface area contributed by atoms with Gasteiger partial charge in [-0.3, -0.25) is 0 Å². The average Bonchev–Trinajstić information content (AvgIpc) is 2.74. The van der Waals surface area contributed by atoms with Crippen molar-refractivity contribution in [2.45, 2.75) is 161 Å². The summed E-state index contributed by atoms with van der Waals surface area (Å²) in [5, 5.41) is 11.1. The van der Waals surface area contributed by atoms with Gasteiger partial charge in [-0.25, -0.2) is 4.79 Å². The normalized spacial score (nSPS) is 13.3. The molecule has 0 aliphatic heterocycles. The van der Waals surface area contributed by atoms with Crippen LogP contribution >= 0.6 is 0 Å². The zero-order valence-electron chi connectivity index (χ0n) is 20.8. The predicted molar refractivity (Wildman–Crippen MR) is 130 cm³/mol. The van der Waals surface area contributed by atoms with Crippen LogP contribution in [0.15, 0.2) is 0 Å². The molecule has 0 radical (unpaired) electrons. The molecule has 0 bridgehead atoms. The van der Waals surface area contributed by atoms with Gasteiger partial charge in [0.1, 0.15) is 0 Å². The number of hydrogen-bond donors (Lipinski definition) is 1. The minimum atomic E-state index is -1.27. The Morgan fingerprint density at radius 2 is 0.900 bits per heavy atom. The van der Waals surface area contributed by atoms with E-state index in [0.29, 0.717) is 19.4 Å². The summed E-state index contributed by atoms with van der Waals surface area (Å²) in [7, 11) is 0. The maximum atomic E-state index is 12.7. The van der Waals surface area contributed by atoms with E-state index in [-0.39, 0.29) is 5.97 Å². The monoisotopic (exact) mass is 426 g/mol. The third-order valence-corrected chi connectivity index (χ3v) is 6.25. The molecular weight excluding hydrogens is 372 g/mol. The van der Waals surface area contributed by atoms with E-state index in [1.807, 2.05) is 0 Å². The largest absolute Gasteiger partial charge is 0.464 e. The van der Waals surface area contributed by atoms with Crippen molar-refractivity contribution >= 4 is 5.97 Å². The van der Waals surface area contributed by atoms with Crippen molar-refractivity contribution in [2.24, 2.45) is 0 Å². The van der Waals surface area contributed by atoms with Crippen LogP contribution in [-0.2, 0) is 9.53 Å². The third kappa shape index (κ3) is 17.1. The highest BCUT2D eigenvalue weighted by Gasteiger charge is 2.36. The number of unbranched alkanes of at least 4 members (excludes halogenated alkanes) is 16. The van der Waals surface area contributed by atoms with Gasteiger partial charge < -0.3 is 9.84 Å². The van der Waals surface area contributed by atoms with Gasteiger partial charge in [-0.05, 0) is 32.1 Å². The third-order valence-electron chi connectivity index (χ3n) is 6.25. The average molecular weight is 427 g/mol. The first-order chi connectivity index (χ1) is 14.6. The standard InChI is InChI=1S/C27H54O3/c1-4-7-10-13-16-18-21-24-27(29,23-20-17-14-11-8-5-2)26(28)30-25-22-19-15-12-9-6-3/h29H,4-25H2,1-3H3. The highest BCUT2D eigenvalue weighted by atomic mass is 16.5. The lowest BCUT2D eigenvalue weighted by Crippen LogP contribution is -2.40. The van der Waals surface area contributed by atoms with Crippen LogP contribution in [0.1, 0.15) is 156 Å². The topological polar surface area (TPSA) is 46.5 Å². The molecule has 0 rings (SSSR count). The fourth-order valence-electron chi connectivity index (χ4n) is 4.08. The number of carbonyl (C=O) groups is 1. The van der Waals surface area contributed by atoms with Gasteiger partial charge in [0, 0.05) is 0 Å². The van der Waals surface area contributed by atoms with Crippen LogP contribution in [0.5, 0.6) is 0 Å². The summed E-state index contributed by atoms with van der Waals surface area (Å²) in [4.78, 5) is 12.7. The summed E-state index contributed by atoms with van der Waals surface area (Å²) in [5.74, 6) is -0.365. The van der Waals surface area contributed by atoms with E-state index in [9.17, 15) is 9.90 Å². The number of carbonyl (C=O) groups excluding carboxylic acids is 1. The van der Waals surface area contributed by atoms with Crippen LogP contribution in [-0.4, -0.2) is 23.3 Å². The van der Waals surface area contributed by atoms with Gasteiger partial charge in [0.2, 0.25) is 0 Å². The highest BCUT2D eigenvalue weighted by molar-refractivity contribution is 5.79. The summed E-state index contributed by atoms with van der Waals surface area (Å²) in [6.45, 7) is 7.14. The highest BCUT2D eigenvalue weighted by Crippen LogP contribution is 2.25. The molecule has 180 valence electrons. The van der Waals surface area contributed by atoms with Gasteiger partial charge in [0.25, 0.3) is 0 Å². The van der Waals surface area contributed by atoms with E-state index in [0.717, 1.165) is 38.5 Å². The summed E-state index contributed by atoms with van der Waals surface area (Å²) >= 11 is 0. The molecule has 0 amide bonds. The molecule has 0 spiro atoms. The van der Waals surface area contributed by atoms with Crippen LogP contribution in [0.4, 0.5) is 0 Å². The summed E-state index contributed by atoms with van der Waals surface area (Å²) < 4.78 is 5.53. The quantitative estimate of drug-likeness (QED) is 0.131. The molecule has 0 saturated carbocycles. The molecular formula is C27H54O3. The van der Waals surface area contributed by atoms with Crippen molar-refractivity contribution in [3.63, 3.8) is 0 Å². The van der Waals surface area contributed by atoms with Gasteiger partial charge in [0.05, 0.1) is 6.61 Å². The fourth-order valence-corrected chi connectivity index (χ4v) is 4.08. The Labute approximate surface area is 188 Å². The first-order valence-electron chi connectivity index (χ1n) is 13.5. The van der Waals surface area contributed by atoms with E-state index < -0.39 is 5.60 Å². The molecule has 30 heavy (non-hydrogen) atoms. The Hall–Kier alpha value is -0.570. The minimum Gasteiger partial charge on any atom is -0.464 e. The zero-order valence-corrected chi connectivity index (χ0v) is 20.8. The van der Waals surface area contributed by atoms with Crippen molar-refractivity contribution in [1.29, 1.82) is 0 Å². The number of esters is 1. The van der Waals surface area contributed by atoms with Crippen LogP contribution in [0.3, 0.4) is 0 Å². The fraction of sp³-hybridized carbons (Fsp3) is 0.963. The molecule has 0 saturated heterocycles. The van der Waals surface area contributed by atoms with Gasteiger partial charge in [0.15, 0.2) is 5.60 Å². The summed E-state index contributed by atoms with van der Waals surface area (Å²) in [6.07, 6.45) is 23.6. The lowest BCUT2D eigenvalue weighted by atomic mass is 9.89. The molecule has 1 N–H and O–H groups in total. The van der Waals surface area contributed by atoms with Crippen molar-refractivity contribution in [3.8, 4) is 0 Å². The Morgan fingerprint density at radius 3 is 1.30 bits per heavy atom. The molecule has 0 fully saturated rings. The van der Waals surface area contributed by atoms with Gasteiger partial charge in [-0.15, -0.1) is 0 Å². The molecule has 1 atom stereocenters. The van der Waals surface area contributed by atoms with Crippen LogP contribution in [0.2, 0.25) is 0 Å². The molecule has 0 aromatic heterocycles. The predicted octanol–water partition coefficient (Wildman–Crippen LogP) is 8.51. The first kappa shape index (κ1) is 29.4. The van der Waals surface area contributed by atoms with Crippen LogP contribution < -0.4 is 0 Å². The second-order valence-corrected chi connectivity index (χ2v) is 9.32. The zero-order chi connectivity index (χ0) is 22.3. The van der Waals surface area contributed by atoms with Gasteiger partial charge in [-0.2, -0.15) is 0 Å². The number of hydrogen-bond acceptors (Lipinski definition) is 3. The molecule has 0 aromatic carbocycles. The Morgan fingerprint density at radius 1 is 0.567 bits per heavy atom. The minimum absolute atomic E-state index is 0.365. The maximum absolute atomic E-state index is 12.7. The molecule has 3 heteroatoms. The van der Waals surface area contributed by atoms with E-state index >= 15 is 0 Å². The molecule has 0 aliphatic rings. The van der Waals surface area contributed by atoms with Crippen LogP contribution in [0.25, 0.3) is 0 Å². The molecule has 0 aromatic rings.